The standard InChI is InChI=1S/C20H20FN3O3S/c21-18-8-6-17(7-9-18)19-10-11-20(25)24(23-19)14-13-22-28(26,27)15-12-16-4-2-1-3-5-16/h1-11,22H,12-15H2. The van der Waals surface area contributed by atoms with Crippen molar-refractivity contribution in [1.29, 1.82) is 0 Å². The molecule has 0 atom stereocenters. The smallest absolute Gasteiger partial charge is 0.266 e. The minimum absolute atomic E-state index is 0.0328. The predicted molar refractivity (Wildman–Crippen MR) is 106 cm³/mol. The highest BCUT2D eigenvalue weighted by Crippen LogP contribution is 2.15. The molecule has 28 heavy (non-hydrogen) atoms. The molecule has 2 aromatic carbocycles. The van der Waals surface area contributed by atoms with Crippen LogP contribution in [0.5, 0.6) is 0 Å². The lowest BCUT2D eigenvalue weighted by molar-refractivity contribution is 0.548. The van der Waals surface area contributed by atoms with Crippen molar-refractivity contribution in [2.45, 2.75) is 13.0 Å². The van der Waals surface area contributed by atoms with Crippen LogP contribution in [0.25, 0.3) is 11.3 Å². The van der Waals surface area contributed by atoms with Gasteiger partial charge in [-0.25, -0.2) is 22.2 Å². The Kier molecular flexibility index (Phi) is 6.33. The zero-order valence-electron chi connectivity index (χ0n) is 15.1. The molecule has 1 aromatic heterocycles. The van der Waals surface area contributed by atoms with Crippen molar-refractivity contribution in [3.63, 3.8) is 0 Å². The molecule has 3 aromatic rings. The Labute approximate surface area is 162 Å². The SMILES string of the molecule is O=c1ccc(-c2ccc(F)cc2)nn1CCNS(=O)(=O)CCc1ccccc1. The second-order valence-electron chi connectivity index (χ2n) is 6.24. The first-order valence-electron chi connectivity index (χ1n) is 8.78. The van der Waals surface area contributed by atoms with Crippen LogP contribution in [0.1, 0.15) is 5.56 Å². The summed E-state index contributed by atoms with van der Waals surface area (Å²) in [7, 11) is -3.46. The summed E-state index contributed by atoms with van der Waals surface area (Å²) in [5.41, 5.74) is 1.78. The maximum Gasteiger partial charge on any atom is 0.266 e. The van der Waals surface area contributed by atoms with Crippen molar-refractivity contribution >= 4 is 10.0 Å². The summed E-state index contributed by atoms with van der Waals surface area (Å²) in [5.74, 6) is -0.392. The van der Waals surface area contributed by atoms with E-state index in [1.807, 2.05) is 30.3 Å². The Balaban J connectivity index is 1.60. The molecule has 8 heteroatoms. The molecule has 0 amide bonds. The molecule has 0 radical (unpaired) electrons. The van der Waals surface area contributed by atoms with Crippen LogP contribution in [0, 0.1) is 5.82 Å². The van der Waals surface area contributed by atoms with E-state index < -0.39 is 10.0 Å². The molecular formula is C20H20FN3O3S. The Morgan fingerprint density at radius 3 is 2.39 bits per heavy atom. The largest absolute Gasteiger partial charge is 0.268 e. The van der Waals surface area contributed by atoms with Gasteiger partial charge >= 0.3 is 0 Å². The van der Waals surface area contributed by atoms with Gasteiger partial charge in [-0.15, -0.1) is 0 Å². The van der Waals surface area contributed by atoms with Crippen molar-refractivity contribution in [3.05, 3.63) is 88.5 Å². The predicted octanol–water partition coefficient (Wildman–Crippen LogP) is 2.21. The topological polar surface area (TPSA) is 81.1 Å². The van der Waals surface area contributed by atoms with Gasteiger partial charge in [0.25, 0.3) is 5.56 Å². The number of nitrogens with zero attached hydrogens (tertiary/aromatic N) is 2. The van der Waals surface area contributed by atoms with Gasteiger partial charge in [-0.05, 0) is 42.3 Å². The molecule has 0 saturated carbocycles. The molecule has 0 fully saturated rings. The Bertz CT molecular complexity index is 1080. The summed E-state index contributed by atoms with van der Waals surface area (Å²) in [4.78, 5) is 12.0. The van der Waals surface area contributed by atoms with Gasteiger partial charge in [-0.1, -0.05) is 30.3 Å². The molecular weight excluding hydrogens is 381 g/mol. The van der Waals surface area contributed by atoms with Gasteiger partial charge in [0.2, 0.25) is 10.0 Å². The van der Waals surface area contributed by atoms with Crippen molar-refractivity contribution in [3.8, 4) is 11.3 Å². The van der Waals surface area contributed by atoms with Crippen LogP contribution >= 0.6 is 0 Å². The molecule has 146 valence electrons. The Hall–Kier alpha value is -2.84. The zero-order chi connectivity index (χ0) is 20.0. The first-order chi connectivity index (χ1) is 13.4. The second kappa shape index (κ2) is 8.90. The molecule has 0 aliphatic heterocycles. The highest BCUT2D eigenvalue weighted by molar-refractivity contribution is 7.89. The fraction of sp³-hybridized carbons (Fsp3) is 0.200. The number of hydrogen-bond acceptors (Lipinski definition) is 4. The van der Waals surface area contributed by atoms with E-state index in [0.29, 0.717) is 17.7 Å². The number of rotatable bonds is 8. The Morgan fingerprint density at radius 1 is 0.964 bits per heavy atom. The molecule has 0 saturated heterocycles. The average molecular weight is 401 g/mol. The van der Waals surface area contributed by atoms with E-state index in [1.165, 1.54) is 22.9 Å². The Morgan fingerprint density at radius 2 is 1.68 bits per heavy atom. The number of sulfonamides is 1. The summed E-state index contributed by atoms with van der Waals surface area (Å²) in [5, 5.41) is 4.23. The molecule has 0 unspecified atom stereocenters. The first-order valence-corrected chi connectivity index (χ1v) is 10.4. The van der Waals surface area contributed by atoms with Gasteiger partial charge in [-0.2, -0.15) is 5.10 Å². The van der Waals surface area contributed by atoms with E-state index in [-0.39, 0.29) is 30.2 Å². The van der Waals surface area contributed by atoms with Crippen molar-refractivity contribution in [1.82, 2.24) is 14.5 Å². The summed E-state index contributed by atoms with van der Waals surface area (Å²) in [6.45, 7) is 0.148. The van der Waals surface area contributed by atoms with Gasteiger partial charge in [0.1, 0.15) is 5.82 Å². The minimum atomic E-state index is -3.46. The maximum atomic E-state index is 13.1. The summed E-state index contributed by atoms with van der Waals surface area (Å²) >= 11 is 0. The number of aryl methyl sites for hydroxylation is 1. The summed E-state index contributed by atoms with van der Waals surface area (Å²) in [6.07, 6.45) is 0.411. The quantitative estimate of drug-likeness (QED) is 0.628. The third-order valence-electron chi connectivity index (χ3n) is 4.15. The number of benzene rings is 2. The second-order valence-corrected chi connectivity index (χ2v) is 8.16. The summed E-state index contributed by atoms with van der Waals surface area (Å²) in [6, 6.07) is 18.0. The highest BCUT2D eigenvalue weighted by atomic mass is 32.2. The average Bonchev–Trinajstić information content (AvgIpc) is 2.69. The van der Waals surface area contributed by atoms with Crippen LogP contribution in [0.3, 0.4) is 0 Å². The van der Waals surface area contributed by atoms with Crippen molar-refractivity contribution in [2.75, 3.05) is 12.3 Å². The lowest BCUT2D eigenvalue weighted by atomic mass is 10.1. The molecule has 0 aliphatic rings. The van der Waals surface area contributed by atoms with Crippen LogP contribution in [-0.4, -0.2) is 30.5 Å². The molecule has 0 aliphatic carbocycles. The van der Waals surface area contributed by atoms with Crippen LogP contribution in [0.4, 0.5) is 4.39 Å². The van der Waals surface area contributed by atoms with E-state index in [0.717, 1.165) is 5.56 Å². The fourth-order valence-electron chi connectivity index (χ4n) is 2.66. The van der Waals surface area contributed by atoms with E-state index in [9.17, 15) is 17.6 Å². The van der Waals surface area contributed by atoms with Gasteiger partial charge in [0.05, 0.1) is 18.0 Å². The number of hydrogen-bond donors (Lipinski definition) is 1. The third kappa shape index (κ3) is 5.58. The van der Waals surface area contributed by atoms with E-state index in [2.05, 4.69) is 9.82 Å². The lowest BCUT2D eigenvalue weighted by Crippen LogP contribution is -2.33. The number of halogens is 1. The normalized spacial score (nSPS) is 11.5. The molecule has 0 spiro atoms. The number of nitrogens with one attached hydrogen (secondary N) is 1. The molecule has 0 bridgehead atoms. The molecule has 3 rings (SSSR count). The van der Waals surface area contributed by atoms with E-state index in [4.69, 9.17) is 0 Å². The fourth-order valence-corrected chi connectivity index (χ4v) is 3.71. The van der Waals surface area contributed by atoms with Crippen molar-refractivity contribution in [2.24, 2.45) is 0 Å². The molecule has 1 N–H and O–H groups in total. The number of aromatic nitrogens is 2. The van der Waals surface area contributed by atoms with Gasteiger partial charge < -0.3 is 0 Å². The zero-order valence-corrected chi connectivity index (χ0v) is 15.9. The van der Waals surface area contributed by atoms with Crippen molar-refractivity contribution < 1.29 is 12.8 Å². The summed E-state index contributed by atoms with van der Waals surface area (Å²) < 4.78 is 41.0. The maximum absolute atomic E-state index is 13.1. The molecule has 6 nitrogen and oxygen atoms in total. The van der Waals surface area contributed by atoms with E-state index >= 15 is 0 Å². The van der Waals surface area contributed by atoms with Crippen LogP contribution < -0.4 is 10.3 Å². The van der Waals surface area contributed by atoms with E-state index in [1.54, 1.807) is 18.2 Å². The monoisotopic (exact) mass is 401 g/mol. The van der Waals surface area contributed by atoms with Crippen LogP contribution in [0.2, 0.25) is 0 Å². The minimum Gasteiger partial charge on any atom is -0.268 e. The lowest BCUT2D eigenvalue weighted by Gasteiger charge is -2.09. The van der Waals surface area contributed by atoms with Gasteiger partial charge in [0.15, 0.2) is 0 Å². The van der Waals surface area contributed by atoms with Crippen LogP contribution in [0.15, 0.2) is 71.5 Å². The first kappa shape index (κ1) is 19.9. The highest BCUT2D eigenvalue weighted by Gasteiger charge is 2.11. The third-order valence-corrected chi connectivity index (χ3v) is 5.54. The van der Waals surface area contributed by atoms with Gasteiger partial charge in [-0.3, -0.25) is 4.79 Å². The van der Waals surface area contributed by atoms with Crippen LogP contribution in [-0.2, 0) is 23.0 Å². The van der Waals surface area contributed by atoms with Gasteiger partial charge in [0, 0.05) is 18.2 Å². The molecule has 1 heterocycles.